The van der Waals surface area contributed by atoms with E-state index in [1.54, 1.807) is 29.2 Å². The minimum atomic E-state index is -3.85. The molecule has 0 unspecified atom stereocenters. The lowest BCUT2D eigenvalue weighted by atomic mass is 9.87. The van der Waals surface area contributed by atoms with E-state index in [4.69, 9.17) is 5.14 Å². The van der Waals surface area contributed by atoms with E-state index < -0.39 is 15.8 Å². The van der Waals surface area contributed by atoms with Gasteiger partial charge in [0.1, 0.15) is 5.82 Å². The molecule has 0 spiro atoms. The third-order valence-electron chi connectivity index (χ3n) is 10.6. The number of primary sulfonamides is 1. The number of carbonyl (C=O) groups excluding carboxylic acids is 2. The number of nitrogens with zero attached hydrogens (tertiary/aromatic N) is 2. The molecule has 2 fully saturated rings. The monoisotopic (exact) mass is 724 g/mol. The van der Waals surface area contributed by atoms with Gasteiger partial charge in [-0.25, -0.2) is 17.9 Å². The van der Waals surface area contributed by atoms with E-state index in [9.17, 15) is 22.4 Å². The van der Waals surface area contributed by atoms with Gasteiger partial charge in [-0.3, -0.25) is 9.59 Å². The molecule has 10 heteroatoms. The summed E-state index contributed by atoms with van der Waals surface area (Å²) in [5, 5.41) is 8.73. The molecular formula is C42H49FN4O4S. The maximum Gasteiger partial charge on any atom is 0.253 e. The Hall–Kier alpha value is -4.38. The van der Waals surface area contributed by atoms with Gasteiger partial charge in [0.15, 0.2) is 0 Å². The average molecular weight is 725 g/mol. The first-order valence-electron chi connectivity index (χ1n) is 18.4. The van der Waals surface area contributed by atoms with Crippen LogP contribution < -0.4 is 10.5 Å². The number of halogens is 1. The second kappa shape index (κ2) is 17.4. The Morgan fingerprint density at radius 3 is 2.06 bits per heavy atom. The number of piperidine rings is 2. The number of nitrogens with two attached hydrogens (primary N) is 1. The maximum atomic E-state index is 13.9. The van der Waals surface area contributed by atoms with Crippen LogP contribution in [0.1, 0.15) is 72.0 Å². The summed E-state index contributed by atoms with van der Waals surface area (Å²) in [6.45, 7) is 4.37. The summed E-state index contributed by atoms with van der Waals surface area (Å²) in [7, 11) is -3.85. The van der Waals surface area contributed by atoms with Gasteiger partial charge in [-0.1, -0.05) is 73.9 Å². The molecule has 274 valence electrons. The van der Waals surface area contributed by atoms with E-state index in [-0.39, 0.29) is 36.2 Å². The fourth-order valence-corrected chi connectivity index (χ4v) is 8.06. The number of benzene rings is 4. The molecule has 2 saturated heterocycles. The van der Waals surface area contributed by atoms with Gasteiger partial charge in [-0.05, 0) is 121 Å². The van der Waals surface area contributed by atoms with E-state index >= 15 is 0 Å². The summed E-state index contributed by atoms with van der Waals surface area (Å²) < 4.78 is 37.5. The molecule has 2 aliphatic heterocycles. The molecular weight excluding hydrogens is 676 g/mol. The maximum absolute atomic E-state index is 13.9. The van der Waals surface area contributed by atoms with Gasteiger partial charge in [-0.15, -0.1) is 0 Å². The summed E-state index contributed by atoms with van der Waals surface area (Å²) >= 11 is 0. The summed E-state index contributed by atoms with van der Waals surface area (Å²) in [4.78, 5) is 31.0. The molecule has 4 aromatic carbocycles. The molecule has 0 aliphatic carbocycles. The van der Waals surface area contributed by atoms with Gasteiger partial charge in [0.2, 0.25) is 15.9 Å². The van der Waals surface area contributed by atoms with Gasteiger partial charge in [-0.2, -0.15) is 0 Å². The predicted octanol–water partition coefficient (Wildman–Crippen LogP) is 6.93. The topological polar surface area (TPSA) is 113 Å². The van der Waals surface area contributed by atoms with Crippen molar-refractivity contribution in [2.24, 2.45) is 17.0 Å². The number of likely N-dealkylation sites (tertiary alicyclic amines) is 1. The molecule has 2 aliphatic rings. The molecule has 52 heavy (non-hydrogen) atoms. The Morgan fingerprint density at radius 1 is 0.750 bits per heavy atom. The molecule has 2 amide bonds. The van der Waals surface area contributed by atoms with E-state index in [0.29, 0.717) is 17.0 Å². The normalized spacial score (nSPS) is 15.8. The van der Waals surface area contributed by atoms with Crippen LogP contribution in [-0.4, -0.2) is 56.2 Å². The van der Waals surface area contributed by atoms with Crippen molar-refractivity contribution in [2.75, 3.05) is 26.2 Å². The zero-order valence-corrected chi connectivity index (χ0v) is 30.5. The van der Waals surface area contributed by atoms with Crippen molar-refractivity contribution in [1.82, 2.24) is 15.1 Å². The third-order valence-corrected chi connectivity index (χ3v) is 11.5. The van der Waals surface area contributed by atoms with Crippen molar-refractivity contribution in [2.45, 2.75) is 69.4 Å². The molecule has 0 aromatic heterocycles. The number of sulfonamides is 1. The summed E-state index contributed by atoms with van der Waals surface area (Å²) in [6.07, 6.45) is 8.61. The lowest BCUT2D eigenvalue weighted by Crippen LogP contribution is -2.38. The number of nitrogens with one attached hydrogen (secondary N) is 1. The first-order chi connectivity index (χ1) is 25.1. The van der Waals surface area contributed by atoms with Crippen LogP contribution >= 0.6 is 0 Å². The van der Waals surface area contributed by atoms with Crippen LogP contribution in [0.25, 0.3) is 11.1 Å². The van der Waals surface area contributed by atoms with E-state index in [0.717, 1.165) is 67.2 Å². The van der Waals surface area contributed by atoms with Crippen LogP contribution in [0.4, 0.5) is 4.39 Å². The smallest absolute Gasteiger partial charge is 0.253 e. The van der Waals surface area contributed by atoms with E-state index in [1.165, 1.54) is 56.4 Å². The predicted molar refractivity (Wildman–Crippen MR) is 202 cm³/mol. The largest absolute Gasteiger partial charge is 0.339 e. The summed E-state index contributed by atoms with van der Waals surface area (Å²) in [5.74, 6) is 1.01. The van der Waals surface area contributed by atoms with Crippen molar-refractivity contribution in [3.63, 3.8) is 0 Å². The zero-order chi connectivity index (χ0) is 36.5. The second-order valence-corrected chi connectivity index (χ2v) is 15.9. The lowest BCUT2D eigenvalue weighted by molar-refractivity contribution is -0.131. The fourth-order valence-electron chi connectivity index (χ4n) is 7.54. The number of rotatable bonds is 13. The molecule has 0 saturated carbocycles. The number of hydrogen-bond acceptors (Lipinski definition) is 5. The SMILES string of the molecule is NS(=O)(=O)c1ccc(CN(Cc2cccc(-c3cccc(C(=O)N4CCC(CCCC5CCNCC5)CC4)c3)c2)C(=O)Cc2cccc(F)c2)cc1. The van der Waals surface area contributed by atoms with Crippen molar-refractivity contribution >= 4 is 21.8 Å². The van der Waals surface area contributed by atoms with Gasteiger partial charge in [0.25, 0.3) is 5.91 Å². The van der Waals surface area contributed by atoms with Crippen LogP contribution in [0.5, 0.6) is 0 Å². The van der Waals surface area contributed by atoms with Crippen LogP contribution in [0.3, 0.4) is 0 Å². The average Bonchev–Trinajstić information content (AvgIpc) is 3.15. The highest BCUT2D eigenvalue weighted by Crippen LogP contribution is 2.28. The Bertz CT molecular complexity index is 1940. The van der Waals surface area contributed by atoms with Crippen LogP contribution in [0, 0.1) is 17.7 Å². The minimum absolute atomic E-state index is 0.00645. The molecule has 0 atom stereocenters. The van der Waals surface area contributed by atoms with Gasteiger partial charge in [0, 0.05) is 31.7 Å². The fraction of sp³-hybridized carbons (Fsp3) is 0.381. The minimum Gasteiger partial charge on any atom is -0.339 e. The summed E-state index contributed by atoms with van der Waals surface area (Å²) in [6, 6.07) is 27.8. The molecule has 8 nitrogen and oxygen atoms in total. The van der Waals surface area contributed by atoms with Crippen molar-refractivity contribution < 1.29 is 22.4 Å². The first-order valence-corrected chi connectivity index (χ1v) is 20.0. The molecule has 4 aromatic rings. The van der Waals surface area contributed by atoms with Crippen molar-refractivity contribution in [3.8, 4) is 11.1 Å². The number of amides is 2. The Labute approximate surface area is 307 Å². The molecule has 0 bridgehead atoms. The molecule has 0 radical (unpaired) electrons. The van der Waals surface area contributed by atoms with Crippen LogP contribution in [0.15, 0.2) is 102 Å². The first kappa shape index (κ1) is 37.4. The quantitative estimate of drug-likeness (QED) is 0.155. The highest BCUT2D eigenvalue weighted by Gasteiger charge is 2.24. The van der Waals surface area contributed by atoms with Crippen LogP contribution in [-0.2, 0) is 34.3 Å². The Kier molecular flexibility index (Phi) is 12.5. The summed E-state index contributed by atoms with van der Waals surface area (Å²) in [5.41, 5.74) is 4.67. The van der Waals surface area contributed by atoms with Gasteiger partial charge >= 0.3 is 0 Å². The number of carbonyl (C=O) groups is 2. The molecule has 6 rings (SSSR count). The number of hydrogen-bond donors (Lipinski definition) is 2. The van der Waals surface area contributed by atoms with Gasteiger partial charge < -0.3 is 15.1 Å². The van der Waals surface area contributed by atoms with Crippen molar-refractivity contribution in [3.05, 3.63) is 125 Å². The van der Waals surface area contributed by atoms with Gasteiger partial charge in [0.05, 0.1) is 11.3 Å². The standard InChI is InChI=1S/C42H49FN4O4S/c43-39-12-3-7-34(26-39)27-41(48)47(29-33-13-15-40(16-14-33)52(44,50)51)30-35-8-2-9-36(25-35)37-10-4-11-38(28-37)42(49)46-23-19-32(20-24-46)6-1-5-31-17-21-45-22-18-31/h2-4,7-16,25-26,28,31-32,45H,1,5-6,17-24,27,29-30H2,(H2,44,50,51). The highest BCUT2D eigenvalue weighted by molar-refractivity contribution is 7.89. The van der Waals surface area contributed by atoms with Crippen LogP contribution in [0.2, 0.25) is 0 Å². The van der Waals surface area contributed by atoms with Crippen molar-refractivity contribution in [1.29, 1.82) is 0 Å². The van der Waals surface area contributed by atoms with E-state index in [2.05, 4.69) is 5.32 Å². The molecule has 2 heterocycles. The highest BCUT2D eigenvalue weighted by atomic mass is 32.2. The molecule has 3 N–H and O–H groups in total. The van der Waals surface area contributed by atoms with E-state index in [1.807, 2.05) is 53.4 Å². The third kappa shape index (κ3) is 10.4. The zero-order valence-electron chi connectivity index (χ0n) is 29.7. The lowest BCUT2D eigenvalue weighted by Gasteiger charge is -2.32. The Morgan fingerprint density at radius 2 is 1.37 bits per heavy atom. The second-order valence-electron chi connectivity index (χ2n) is 14.4. The Balaban J connectivity index is 1.11.